The summed E-state index contributed by atoms with van der Waals surface area (Å²) in [7, 11) is -3.51. The summed E-state index contributed by atoms with van der Waals surface area (Å²) in [4.78, 5) is 4.49. The number of nitrogens with zero attached hydrogens (tertiary/aromatic N) is 3. The number of rotatable bonds is 3. The third-order valence-corrected chi connectivity index (χ3v) is 5.57. The van der Waals surface area contributed by atoms with Crippen LogP contribution in [0.4, 0.5) is 0 Å². The van der Waals surface area contributed by atoms with Crippen molar-refractivity contribution < 1.29 is 8.42 Å². The van der Waals surface area contributed by atoms with Crippen molar-refractivity contribution in [2.75, 3.05) is 6.54 Å². The summed E-state index contributed by atoms with van der Waals surface area (Å²) in [6.07, 6.45) is 3.57. The molecule has 2 N–H and O–H groups in total. The predicted molar refractivity (Wildman–Crippen MR) is 78.9 cm³/mol. The Morgan fingerprint density at radius 3 is 2.90 bits per heavy atom. The number of nitrogens with two attached hydrogens (primary N) is 1. The summed E-state index contributed by atoms with van der Waals surface area (Å²) in [6, 6.07) is 6.65. The molecule has 0 fully saturated rings. The molecule has 2 heterocycles. The van der Waals surface area contributed by atoms with E-state index in [-0.39, 0.29) is 10.9 Å². The molecule has 0 saturated carbocycles. The standard InChI is InChI=1S/C14H18N4O2S/c1-11(15)12-3-2-4-13(9-12)21(19,20)18-8-7-17-6-5-16-14(17)10-18/h2-6,9,11H,7-8,10,15H2,1H3. The number of sulfonamides is 1. The molecule has 2 aromatic rings. The summed E-state index contributed by atoms with van der Waals surface area (Å²) < 4.78 is 28.9. The molecule has 1 aromatic heterocycles. The van der Waals surface area contributed by atoms with Gasteiger partial charge in [0, 0.05) is 31.5 Å². The third kappa shape index (κ3) is 2.59. The van der Waals surface area contributed by atoms with Gasteiger partial charge in [-0.1, -0.05) is 12.1 Å². The first-order valence-electron chi connectivity index (χ1n) is 6.84. The monoisotopic (exact) mass is 306 g/mol. The molecule has 7 heteroatoms. The Bertz CT molecular complexity index is 752. The molecule has 6 nitrogen and oxygen atoms in total. The van der Waals surface area contributed by atoms with Crippen LogP contribution in [-0.4, -0.2) is 28.8 Å². The number of hydrogen-bond acceptors (Lipinski definition) is 4. The molecule has 0 bridgehead atoms. The Hall–Kier alpha value is -1.70. The lowest BCUT2D eigenvalue weighted by Crippen LogP contribution is -2.38. The van der Waals surface area contributed by atoms with Crippen molar-refractivity contribution in [1.82, 2.24) is 13.9 Å². The van der Waals surface area contributed by atoms with Crippen molar-refractivity contribution in [3.63, 3.8) is 0 Å². The maximum atomic E-state index is 12.7. The van der Waals surface area contributed by atoms with Crippen molar-refractivity contribution in [3.05, 3.63) is 48.0 Å². The summed E-state index contributed by atoms with van der Waals surface area (Å²) in [6.45, 7) is 3.22. The summed E-state index contributed by atoms with van der Waals surface area (Å²) in [5.74, 6) is 0.771. The second kappa shape index (κ2) is 5.25. The fourth-order valence-electron chi connectivity index (χ4n) is 2.46. The maximum absolute atomic E-state index is 12.7. The molecule has 0 radical (unpaired) electrons. The zero-order chi connectivity index (χ0) is 15.0. The number of benzene rings is 1. The fraction of sp³-hybridized carbons (Fsp3) is 0.357. The highest BCUT2D eigenvalue weighted by atomic mass is 32.2. The lowest BCUT2D eigenvalue weighted by Gasteiger charge is -2.27. The van der Waals surface area contributed by atoms with E-state index in [1.165, 1.54) is 4.31 Å². The Labute approximate surface area is 124 Å². The molecule has 112 valence electrons. The summed E-state index contributed by atoms with van der Waals surface area (Å²) >= 11 is 0. The third-order valence-electron chi connectivity index (χ3n) is 3.73. The minimum Gasteiger partial charge on any atom is -0.333 e. The van der Waals surface area contributed by atoms with Crippen LogP contribution < -0.4 is 5.73 Å². The van der Waals surface area contributed by atoms with Gasteiger partial charge < -0.3 is 10.3 Å². The first-order valence-corrected chi connectivity index (χ1v) is 8.28. The number of aromatic nitrogens is 2. The predicted octanol–water partition coefficient (Wildman–Crippen LogP) is 1.11. The fourth-order valence-corrected chi connectivity index (χ4v) is 3.90. The van der Waals surface area contributed by atoms with Crippen molar-refractivity contribution in [2.24, 2.45) is 5.73 Å². The zero-order valence-electron chi connectivity index (χ0n) is 11.8. The largest absolute Gasteiger partial charge is 0.333 e. The van der Waals surface area contributed by atoms with Gasteiger partial charge >= 0.3 is 0 Å². The highest BCUT2D eigenvalue weighted by Crippen LogP contribution is 2.23. The van der Waals surface area contributed by atoms with Gasteiger partial charge in [-0.15, -0.1) is 0 Å². The van der Waals surface area contributed by atoms with Crippen LogP contribution in [0.25, 0.3) is 0 Å². The molecular formula is C14H18N4O2S. The lowest BCUT2D eigenvalue weighted by atomic mass is 10.1. The molecule has 0 aliphatic carbocycles. The zero-order valence-corrected chi connectivity index (χ0v) is 12.6. The first kappa shape index (κ1) is 14.2. The Morgan fingerprint density at radius 2 is 2.14 bits per heavy atom. The van der Waals surface area contributed by atoms with Crippen LogP contribution in [0.15, 0.2) is 41.6 Å². The molecule has 0 spiro atoms. The van der Waals surface area contributed by atoms with E-state index < -0.39 is 10.0 Å². The maximum Gasteiger partial charge on any atom is 0.243 e. The minimum atomic E-state index is -3.51. The highest BCUT2D eigenvalue weighted by molar-refractivity contribution is 7.89. The smallest absolute Gasteiger partial charge is 0.243 e. The van der Waals surface area contributed by atoms with Gasteiger partial charge in [-0.3, -0.25) is 0 Å². The summed E-state index contributed by atoms with van der Waals surface area (Å²) in [5.41, 5.74) is 6.65. The number of fused-ring (bicyclic) bond motifs is 1. The van der Waals surface area contributed by atoms with Crippen LogP contribution in [0.3, 0.4) is 0 Å². The van der Waals surface area contributed by atoms with Gasteiger partial charge in [0.15, 0.2) is 0 Å². The normalized spacial score (nSPS) is 17.4. The molecule has 1 aromatic carbocycles. The molecule has 21 heavy (non-hydrogen) atoms. The molecular weight excluding hydrogens is 288 g/mol. The van der Waals surface area contributed by atoms with E-state index in [9.17, 15) is 8.42 Å². The van der Waals surface area contributed by atoms with Gasteiger partial charge in [0.1, 0.15) is 5.82 Å². The van der Waals surface area contributed by atoms with Gasteiger partial charge in [-0.2, -0.15) is 4.31 Å². The van der Waals surface area contributed by atoms with Crippen LogP contribution >= 0.6 is 0 Å². The van der Waals surface area contributed by atoms with E-state index >= 15 is 0 Å². The number of imidazole rings is 1. The van der Waals surface area contributed by atoms with E-state index in [1.54, 1.807) is 24.4 Å². The average molecular weight is 306 g/mol. The molecule has 1 unspecified atom stereocenters. The van der Waals surface area contributed by atoms with E-state index in [4.69, 9.17) is 5.73 Å². The SMILES string of the molecule is CC(N)c1cccc(S(=O)(=O)N2CCn3ccnc3C2)c1. The second-order valence-electron chi connectivity index (χ2n) is 5.24. The van der Waals surface area contributed by atoms with E-state index in [2.05, 4.69) is 4.98 Å². The van der Waals surface area contributed by atoms with Gasteiger partial charge in [0.25, 0.3) is 0 Å². The molecule has 1 aliphatic rings. The van der Waals surface area contributed by atoms with Crippen LogP contribution in [0, 0.1) is 0 Å². The van der Waals surface area contributed by atoms with Crippen molar-refractivity contribution in [3.8, 4) is 0 Å². The van der Waals surface area contributed by atoms with Gasteiger partial charge in [-0.25, -0.2) is 13.4 Å². The molecule has 0 amide bonds. The second-order valence-corrected chi connectivity index (χ2v) is 7.17. The molecule has 1 atom stereocenters. The van der Waals surface area contributed by atoms with Crippen molar-refractivity contribution >= 4 is 10.0 Å². The molecule has 1 aliphatic heterocycles. The van der Waals surface area contributed by atoms with Crippen LogP contribution in [0.2, 0.25) is 0 Å². The quantitative estimate of drug-likeness (QED) is 0.921. The van der Waals surface area contributed by atoms with Crippen molar-refractivity contribution in [1.29, 1.82) is 0 Å². The minimum absolute atomic E-state index is 0.194. The summed E-state index contributed by atoms with van der Waals surface area (Å²) in [5, 5.41) is 0. The molecule has 0 saturated heterocycles. The van der Waals surface area contributed by atoms with E-state index in [0.717, 1.165) is 11.4 Å². The number of hydrogen-bond donors (Lipinski definition) is 1. The Kier molecular flexibility index (Phi) is 3.56. The van der Waals surface area contributed by atoms with Crippen LogP contribution in [-0.2, 0) is 23.1 Å². The Morgan fingerprint density at radius 1 is 1.33 bits per heavy atom. The highest BCUT2D eigenvalue weighted by Gasteiger charge is 2.29. The molecule has 3 rings (SSSR count). The Balaban J connectivity index is 1.93. The topological polar surface area (TPSA) is 81.2 Å². The van der Waals surface area contributed by atoms with Gasteiger partial charge in [0.05, 0.1) is 11.4 Å². The van der Waals surface area contributed by atoms with Crippen LogP contribution in [0.1, 0.15) is 24.4 Å². The van der Waals surface area contributed by atoms with Crippen molar-refractivity contribution in [2.45, 2.75) is 31.0 Å². The van der Waals surface area contributed by atoms with E-state index in [1.807, 2.05) is 23.8 Å². The first-order chi connectivity index (χ1) is 9.98. The lowest BCUT2D eigenvalue weighted by molar-refractivity contribution is 0.335. The van der Waals surface area contributed by atoms with Gasteiger partial charge in [0.2, 0.25) is 10.0 Å². The average Bonchev–Trinajstić information content (AvgIpc) is 2.94. The van der Waals surface area contributed by atoms with Gasteiger partial charge in [-0.05, 0) is 24.6 Å². The van der Waals surface area contributed by atoms with Crippen LogP contribution in [0.5, 0.6) is 0 Å². The van der Waals surface area contributed by atoms with E-state index in [0.29, 0.717) is 19.6 Å².